The van der Waals surface area contributed by atoms with Crippen molar-refractivity contribution in [1.82, 2.24) is 25.1 Å². The van der Waals surface area contributed by atoms with Crippen LogP contribution in [0, 0.1) is 5.92 Å². The van der Waals surface area contributed by atoms with Crippen molar-refractivity contribution in [2.45, 2.75) is 59.0 Å². The highest BCUT2D eigenvalue weighted by Crippen LogP contribution is 2.31. The largest absolute Gasteiger partial charge is 0.369 e. The molecule has 0 radical (unpaired) electrons. The zero-order valence-corrected chi connectivity index (χ0v) is 17.5. The molecule has 148 valence electrons. The second kappa shape index (κ2) is 8.38. The van der Waals surface area contributed by atoms with E-state index in [0.29, 0.717) is 5.92 Å². The summed E-state index contributed by atoms with van der Waals surface area (Å²) in [5.41, 5.74) is 1.24. The Morgan fingerprint density at radius 3 is 2.30 bits per heavy atom. The van der Waals surface area contributed by atoms with Gasteiger partial charge in [-0.2, -0.15) is 0 Å². The molecule has 6 nitrogen and oxygen atoms in total. The Morgan fingerprint density at radius 1 is 1.04 bits per heavy atom. The number of benzene rings is 1. The molecule has 1 aromatic carbocycles. The predicted octanol–water partition coefficient (Wildman–Crippen LogP) is 3.73. The van der Waals surface area contributed by atoms with Crippen LogP contribution in [0.1, 0.15) is 59.3 Å². The van der Waals surface area contributed by atoms with Gasteiger partial charge < -0.3 is 4.90 Å². The lowest BCUT2D eigenvalue weighted by Crippen LogP contribution is -2.48. The van der Waals surface area contributed by atoms with Crippen LogP contribution in [0.15, 0.2) is 30.3 Å². The molecule has 0 spiro atoms. The van der Waals surface area contributed by atoms with Crippen molar-refractivity contribution in [2.24, 2.45) is 5.92 Å². The lowest BCUT2D eigenvalue weighted by atomic mass is 9.98. The maximum Gasteiger partial charge on any atom is 0.168 e. The molecule has 27 heavy (non-hydrogen) atoms. The van der Waals surface area contributed by atoms with Gasteiger partial charge in [0.1, 0.15) is 0 Å². The number of nitrogens with zero attached hydrogens (tertiary/aromatic N) is 6. The van der Waals surface area contributed by atoms with Crippen LogP contribution in [-0.4, -0.2) is 51.3 Å². The van der Waals surface area contributed by atoms with Gasteiger partial charge in [-0.15, -0.1) is 5.10 Å². The molecule has 2 heterocycles. The summed E-state index contributed by atoms with van der Waals surface area (Å²) in [7, 11) is 0. The molecule has 1 aromatic heterocycles. The van der Waals surface area contributed by atoms with Crippen molar-refractivity contribution in [3.05, 3.63) is 36.2 Å². The molecular weight excluding hydrogens is 336 g/mol. The topological polar surface area (TPSA) is 50.1 Å². The molecule has 0 aliphatic carbocycles. The molecule has 0 N–H and O–H groups in total. The van der Waals surface area contributed by atoms with E-state index in [1.165, 1.54) is 5.69 Å². The van der Waals surface area contributed by atoms with Gasteiger partial charge in [0.2, 0.25) is 0 Å². The van der Waals surface area contributed by atoms with E-state index in [4.69, 9.17) is 0 Å². The number of piperazine rings is 1. The minimum absolute atomic E-state index is 0.0695. The number of hydrogen-bond donors (Lipinski definition) is 0. The van der Waals surface area contributed by atoms with Crippen LogP contribution in [-0.2, 0) is 5.54 Å². The monoisotopic (exact) mass is 370 g/mol. The SMILES string of the molecule is CCC(C)(C)n1nnnc1[C@@H](CC(C)C)N1CCN(c2ccccc2)CC1. The molecule has 1 aliphatic heterocycles. The lowest BCUT2D eigenvalue weighted by Gasteiger charge is -2.41. The van der Waals surface area contributed by atoms with Crippen LogP contribution in [0.5, 0.6) is 0 Å². The van der Waals surface area contributed by atoms with E-state index >= 15 is 0 Å². The van der Waals surface area contributed by atoms with Gasteiger partial charge in [-0.3, -0.25) is 4.90 Å². The third-order valence-corrected chi connectivity index (χ3v) is 5.80. The van der Waals surface area contributed by atoms with Crippen LogP contribution in [0.4, 0.5) is 5.69 Å². The van der Waals surface area contributed by atoms with Gasteiger partial charge in [-0.1, -0.05) is 39.0 Å². The Bertz CT molecular complexity index is 700. The average molecular weight is 371 g/mol. The molecule has 1 fully saturated rings. The summed E-state index contributed by atoms with van der Waals surface area (Å²) in [5, 5.41) is 12.9. The van der Waals surface area contributed by atoms with Crippen molar-refractivity contribution >= 4 is 5.69 Å². The Morgan fingerprint density at radius 2 is 1.70 bits per heavy atom. The quantitative estimate of drug-likeness (QED) is 0.743. The van der Waals surface area contributed by atoms with Gasteiger partial charge >= 0.3 is 0 Å². The molecule has 0 bridgehead atoms. The third kappa shape index (κ3) is 4.49. The van der Waals surface area contributed by atoms with Gasteiger partial charge in [0.25, 0.3) is 0 Å². The van der Waals surface area contributed by atoms with E-state index in [1.54, 1.807) is 0 Å². The fourth-order valence-corrected chi connectivity index (χ4v) is 3.78. The summed E-state index contributed by atoms with van der Waals surface area (Å²) in [5.74, 6) is 1.61. The molecule has 6 heteroatoms. The minimum atomic E-state index is -0.0695. The van der Waals surface area contributed by atoms with Gasteiger partial charge in [0.15, 0.2) is 5.82 Å². The number of tetrazole rings is 1. The van der Waals surface area contributed by atoms with Crippen LogP contribution in [0.3, 0.4) is 0 Å². The first-order chi connectivity index (χ1) is 12.9. The highest BCUT2D eigenvalue weighted by Gasteiger charge is 2.33. The zero-order chi connectivity index (χ0) is 19.4. The molecule has 1 aliphatic rings. The molecule has 2 aromatic rings. The summed E-state index contributed by atoms with van der Waals surface area (Å²) in [6, 6.07) is 11.0. The molecule has 3 rings (SSSR count). The highest BCUT2D eigenvalue weighted by molar-refractivity contribution is 5.46. The summed E-state index contributed by atoms with van der Waals surface area (Å²) in [4.78, 5) is 5.05. The first kappa shape index (κ1) is 19.8. The summed E-state index contributed by atoms with van der Waals surface area (Å²) < 4.78 is 2.06. The van der Waals surface area contributed by atoms with Gasteiger partial charge in [-0.05, 0) is 55.2 Å². The van der Waals surface area contributed by atoms with E-state index in [0.717, 1.165) is 44.8 Å². The first-order valence-electron chi connectivity index (χ1n) is 10.2. The van der Waals surface area contributed by atoms with Crippen LogP contribution < -0.4 is 4.90 Å². The van der Waals surface area contributed by atoms with Crippen molar-refractivity contribution in [1.29, 1.82) is 0 Å². The number of hydrogen-bond acceptors (Lipinski definition) is 5. The Balaban J connectivity index is 1.78. The van der Waals surface area contributed by atoms with Gasteiger partial charge in [0, 0.05) is 31.9 Å². The van der Waals surface area contributed by atoms with E-state index in [9.17, 15) is 0 Å². The smallest absolute Gasteiger partial charge is 0.168 e. The fraction of sp³-hybridized carbons (Fsp3) is 0.667. The van der Waals surface area contributed by atoms with Gasteiger partial charge in [0.05, 0.1) is 11.6 Å². The number of rotatable bonds is 7. The van der Waals surface area contributed by atoms with E-state index in [2.05, 4.69) is 95.0 Å². The van der Waals surface area contributed by atoms with E-state index in [-0.39, 0.29) is 11.6 Å². The number of aromatic nitrogens is 4. The van der Waals surface area contributed by atoms with E-state index < -0.39 is 0 Å². The maximum atomic E-state index is 4.48. The molecule has 0 saturated carbocycles. The molecule has 0 amide bonds. The summed E-state index contributed by atoms with van der Waals surface area (Å²) >= 11 is 0. The second-order valence-electron chi connectivity index (χ2n) is 8.62. The second-order valence-corrected chi connectivity index (χ2v) is 8.62. The van der Waals surface area contributed by atoms with Gasteiger partial charge in [-0.25, -0.2) is 4.68 Å². The molecule has 0 unspecified atom stereocenters. The first-order valence-corrected chi connectivity index (χ1v) is 10.2. The van der Waals surface area contributed by atoms with Crippen molar-refractivity contribution < 1.29 is 0 Å². The van der Waals surface area contributed by atoms with Crippen molar-refractivity contribution in [3.63, 3.8) is 0 Å². The third-order valence-electron chi connectivity index (χ3n) is 5.80. The predicted molar refractivity (Wildman–Crippen MR) is 110 cm³/mol. The van der Waals surface area contributed by atoms with Crippen LogP contribution >= 0.6 is 0 Å². The normalized spacial score (nSPS) is 17.5. The minimum Gasteiger partial charge on any atom is -0.369 e. The molecule has 1 saturated heterocycles. The number of para-hydroxylation sites is 1. The Hall–Kier alpha value is -1.95. The average Bonchev–Trinajstić information content (AvgIpc) is 3.17. The van der Waals surface area contributed by atoms with Crippen molar-refractivity contribution in [2.75, 3.05) is 31.1 Å². The maximum absolute atomic E-state index is 4.48. The highest BCUT2D eigenvalue weighted by atomic mass is 15.6. The summed E-state index contributed by atoms with van der Waals surface area (Å²) in [6.07, 6.45) is 2.08. The van der Waals surface area contributed by atoms with Crippen LogP contribution in [0.25, 0.3) is 0 Å². The Kier molecular flexibility index (Phi) is 6.15. The van der Waals surface area contributed by atoms with Crippen LogP contribution in [0.2, 0.25) is 0 Å². The Labute approximate surface area is 163 Å². The standard InChI is InChI=1S/C21H34N6/c1-6-21(4,5)27-20(22-23-24-27)19(16-17(2)3)26-14-12-25(13-15-26)18-10-8-7-9-11-18/h7-11,17,19H,6,12-16H2,1-5H3/t19-/m1/s1. The lowest BCUT2D eigenvalue weighted by molar-refractivity contribution is 0.143. The fourth-order valence-electron chi connectivity index (χ4n) is 3.78. The number of anilines is 1. The summed E-state index contributed by atoms with van der Waals surface area (Å²) in [6.45, 7) is 15.3. The molecular formula is C21H34N6. The van der Waals surface area contributed by atoms with E-state index in [1.807, 2.05) is 0 Å². The molecule has 1 atom stereocenters. The zero-order valence-electron chi connectivity index (χ0n) is 17.5. The van der Waals surface area contributed by atoms with Crippen molar-refractivity contribution in [3.8, 4) is 0 Å².